The zero-order chi connectivity index (χ0) is 25.1. The van der Waals surface area contributed by atoms with Gasteiger partial charge in [-0.2, -0.15) is 0 Å². The van der Waals surface area contributed by atoms with E-state index >= 15 is 0 Å². The highest BCUT2D eigenvalue weighted by molar-refractivity contribution is 5.77. The van der Waals surface area contributed by atoms with Gasteiger partial charge in [-0.05, 0) is 31.0 Å². The molecule has 0 aliphatic carbocycles. The van der Waals surface area contributed by atoms with Crippen molar-refractivity contribution >= 4 is 5.91 Å². The summed E-state index contributed by atoms with van der Waals surface area (Å²) in [5.74, 6) is 1.70. The van der Waals surface area contributed by atoms with Crippen LogP contribution in [-0.4, -0.2) is 32.8 Å². The van der Waals surface area contributed by atoms with Crippen LogP contribution in [0.4, 0.5) is 0 Å². The summed E-state index contributed by atoms with van der Waals surface area (Å²) in [4.78, 5) is 12.2. The molecule has 7 heteroatoms. The Morgan fingerprint density at radius 2 is 1.67 bits per heavy atom. The number of amides is 1. The second-order valence-corrected chi connectivity index (χ2v) is 8.97. The maximum atomic E-state index is 12.2. The molecule has 0 aliphatic heterocycles. The van der Waals surface area contributed by atoms with Crippen LogP contribution in [0.15, 0.2) is 42.7 Å². The fourth-order valence-corrected chi connectivity index (χ4v) is 3.94. The first-order chi connectivity index (χ1) is 17.2. The molecule has 1 amide bonds. The molecule has 1 N–H and O–H groups in total. The van der Waals surface area contributed by atoms with Gasteiger partial charge in [0.05, 0.1) is 13.7 Å². The smallest absolute Gasteiger partial charge is 0.257 e. The SMILES string of the molecule is CCCCCCCCCCOc1ccc(OCC(=O)NCCc2ccc[n+](CCC)c2)c(OC)c1.[I-]. The number of nitrogens with zero attached hydrogens (tertiary/aromatic N) is 1. The Balaban J connectivity index is 0.00000648. The average Bonchev–Trinajstić information content (AvgIpc) is 2.87. The van der Waals surface area contributed by atoms with Gasteiger partial charge in [0.1, 0.15) is 12.3 Å². The Morgan fingerprint density at radius 3 is 2.39 bits per heavy atom. The third-order valence-electron chi connectivity index (χ3n) is 5.90. The summed E-state index contributed by atoms with van der Waals surface area (Å²) < 4.78 is 19.2. The van der Waals surface area contributed by atoms with Gasteiger partial charge in [0, 0.05) is 30.7 Å². The minimum absolute atomic E-state index is 0. The quantitative estimate of drug-likeness (QED) is 0.151. The van der Waals surface area contributed by atoms with Crippen LogP contribution in [0, 0.1) is 0 Å². The van der Waals surface area contributed by atoms with Crippen molar-refractivity contribution in [3.63, 3.8) is 0 Å². The van der Waals surface area contributed by atoms with Crippen LogP contribution in [0.5, 0.6) is 17.2 Å². The predicted molar refractivity (Wildman–Crippen MR) is 140 cm³/mol. The number of halogens is 1. The molecule has 0 saturated heterocycles. The van der Waals surface area contributed by atoms with Crippen molar-refractivity contribution in [3.05, 3.63) is 48.3 Å². The van der Waals surface area contributed by atoms with Gasteiger partial charge in [0.15, 0.2) is 30.5 Å². The molecular formula is C29H45IN2O4. The first kappa shape index (κ1) is 32.0. The van der Waals surface area contributed by atoms with Crippen LogP contribution in [0.1, 0.15) is 77.2 Å². The van der Waals surface area contributed by atoms with Crippen molar-refractivity contribution < 1.29 is 47.5 Å². The number of ether oxygens (including phenoxy) is 3. The highest BCUT2D eigenvalue weighted by atomic mass is 127. The molecule has 0 aliphatic rings. The Labute approximate surface area is 235 Å². The molecule has 0 bridgehead atoms. The van der Waals surface area contributed by atoms with E-state index in [0.29, 0.717) is 24.7 Å². The number of hydrogen-bond donors (Lipinski definition) is 1. The lowest BCUT2D eigenvalue weighted by atomic mass is 10.1. The molecule has 2 rings (SSSR count). The number of benzene rings is 1. The molecule has 2 aromatic rings. The van der Waals surface area contributed by atoms with Gasteiger partial charge in [0.2, 0.25) is 0 Å². The zero-order valence-corrected chi connectivity index (χ0v) is 24.6. The number of nitrogens with one attached hydrogen (secondary N) is 1. The van der Waals surface area contributed by atoms with E-state index in [1.54, 1.807) is 13.2 Å². The van der Waals surface area contributed by atoms with Gasteiger partial charge in [-0.3, -0.25) is 4.79 Å². The van der Waals surface area contributed by atoms with E-state index in [1.165, 1.54) is 50.5 Å². The number of rotatable bonds is 19. The van der Waals surface area contributed by atoms with Gasteiger partial charge in [-0.15, -0.1) is 0 Å². The minimum Gasteiger partial charge on any atom is -1.00 e. The monoisotopic (exact) mass is 612 g/mol. The van der Waals surface area contributed by atoms with Gasteiger partial charge in [-0.25, -0.2) is 4.57 Å². The lowest BCUT2D eigenvalue weighted by Crippen LogP contribution is -3.00. The van der Waals surface area contributed by atoms with E-state index in [-0.39, 0.29) is 36.5 Å². The Kier molecular flexibility index (Phi) is 17.8. The first-order valence-corrected chi connectivity index (χ1v) is 13.3. The number of hydrogen-bond acceptors (Lipinski definition) is 4. The number of carbonyl (C=O) groups excluding carboxylic acids is 1. The molecule has 0 unspecified atom stereocenters. The third kappa shape index (κ3) is 13.3. The summed E-state index contributed by atoms with van der Waals surface area (Å²) in [6.45, 7) is 6.62. The molecule has 36 heavy (non-hydrogen) atoms. The summed E-state index contributed by atoms with van der Waals surface area (Å²) in [5.41, 5.74) is 1.20. The van der Waals surface area contributed by atoms with Gasteiger partial charge >= 0.3 is 0 Å². The minimum atomic E-state index is -0.153. The number of aromatic nitrogens is 1. The van der Waals surface area contributed by atoms with Crippen molar-refractivity contribution in [2.45, 2.75) is 84.6 Å². The largest absolute Gasteiger partial charge is 1.00 e. The summed E-state index contributed by atoms with van der Waals surface area (Å²) in [5, 5.41) is 2.92. The van der Waals surface area contributed by atoms with E-state index in [9.17, 15) is 4.79 Å². The summed E-state index contributed by atoms with van der Waals surface area (Å²) in [6.07, 6.45) is 16.3. The van der Waals surface area contributed by atoms with Crippen LogP contribution in [0.25, 0.3) is 0 Å². The molecule has 6 nitrogen and oxygen atoms in total. The number of methoxy groups -OCH3 is 1. The number of unbranched alkanes of at least 4 members (excludes halogenated alkanes) is 7. The standard InChI is InChI=1S/C29H44N2O4.HI/c1-4-6-7-8-9-10-11-12-21-34-26-15-16-27(28(22-26)33-3)35-24-29(32)30-18-17-25-14-13-20-31(23-25)19-5-2;/h13-16,20,22-23H,4-12,17-19,21,24H2,1-3H3;1H. The second kappa shape index (κ2) is 20.1. The predicted octanol–water partition coefficient (Wildman–Crippen LogP) is 2.65. The van der Waals surface area contributed by atoms with Crippen molar-refractivity contribution in [3.8, 4) is 17.2 Å². The molecule has 1 heterocycles. The van der Waals surface area contributed by atoms with Crippen LogP contribution in [0.2, 0.25) is 0 Å². The molecule has 0 fully saturated rings. The summed E-state index contributed by atoms with van der Waals surface area (Å²) in [6, 6.07) is 9.61. The molecule has 0 radical (unpaired) electrons. The summed E-state index contributed by atoms with van der Waals surface area (Å²) >= 11 is 0. The van der Waals surface area contributed by atoms with Crippen molar-refractivity contribution in [1.29, 1.82) is 0 Å². The van der Waals surface area contributed by atoms with Gasteiger partial charge < -0.3 is 43.5 Å². The van der Waals surface area contributed by atoms with Crippen LogP contribution in [-0.2, 0) is 17.8 Å². The Morgan fingerprint density at radius 1 is 0.917 bits per heavy atom. The average molecular weight is 613 g/mol. The van der Waals surface area contributed by atoms with E-state index in [4.69, 9.17) is 14.2 Å². The molecule has 202 valence electrons. The van der Waals surface area contributed by atoms with Crippen molar-refractivity contribution in [2.75, 3.05) is 26.9 Å². The maximum Gasteiger partial charge on any atom is 0.257 e. The second-order valence-electron chi connectivity index (χ2n) is 8.97. The number of pyridine rings is 1. The van der Waals surface area contributed by atoms with Crippen molar-refractivity contribution in [2.24, 2.45) is 0 Å². The molecule has 1 aromatic heterocycles. The van der Waals surface area contributed by atoms with Crippen molar-refractivity contribution in [1.82, 2.24) is 5.32 Å². The lowest BCUT2D eigenvalue weighted by molar-refractivity contribution is -0.697. The zero-order valence-electron chi connectivity index (χ0n) is 22.4. The highest BCUT2D eigenvalue weighted by Gasteiger charge is 2.10. The normalized spacial score (nSPS) is 10.4. The molecule has 0 saturated carbocycles. The van der Waals surface area contributed by atoms with Gasteiger partial charge in [-0.1, -0.05) is 58.8 Å². The van der Waals surface area contributed by atoms with E-state index < -0.39 is 0 Å². The van der Waals surface area contributed by atoms with E-state index in [0.717, 1.165) is 31.6 Å². The lowest BCUT2D eigenvalue weighted by Gasteiger charge is -2.13. The molecule has 0 spiro atoms. The fourth-order valence-electron chi connectivity index (χ4n) is 3.94. The number of aryl methyl sites for hydroxylation is 1. The maximum absolute atomic E-state index is 12.2. The molecule has 1 aromatic carbocycles. The molecular weight excluding hydrogens is 567 g/mol. The summed E-state index contributed by atoms with van der Waals surface area (Å²) in [7, 11) is 1.59. The first-order valence-electron chi connectivity index (χ1n) is 13.3. The Bertz CT molecular complexity index is 863. The third-order valence-corrected chi connectivity index (χ3v) is 5.90. The fraction of sp³-hybridized carbons (Fsp3) is 0.586. The van der Waals surface area contributed by atoms with Gasteiger partial charge in [0.25, 0.3) is 5.91 Å². The molecule has 0 atom stereocenters. The van der Waals surface area contributed by atoms with Crippen LogP contribution >= 0.6 is 0 Å². The van der Waals surface area contributed by atoms with Crippen LogP contribution in [0.3, 0.4) is 0 Å². The number of carbonyl (C=O) groups is 1. The Hall–Kier alpha value is -2.03. The van der Waals surface area contributed by atoms with E-state index in [2.05, 4.69) is 42.2 Å². The van der Waals surface area contributed by atoms with E-state index in [1.807, 2.05) is 18.2 Å². The topological polar surface area (TPSA) is 60.7 Å². The van der Waals surface area contributed by atoms with Crippen LogP contribution < -0.4 is 48.1 Å². The highest BCUT2D eigenvalue weighted by Crippen LogP contribution is 2.31.